The van der Waals surface area contributed by atoms with Gasteiger partial charge in [0.1, 0.15) is 4.88 Å². The van der Waals surface area contributed by atoms with Gasteiger partial charge in [-0.2, -0.15) is 0 Å². The van der Waals surface area contributed by atoms with Crippen LogP contribution in [0.25, 0.3) is 11.3 Å². The molecule has 0 saturated heterocycles. The zero-order chi connectivity index (χ0) is 22.7. The van der Waals surface area contributed by atoms with Crippen LogP contribution in [0.1, 0.15) is 22.2 Å². The number of hydrogen-bond acceptors (Lipinski definition) is 5. The molecule has 1 aromatic heterocycles. The van der Waals surface area contributed by atoms with E-state index in [2.05, 4.69) is 10.3 Å². The summed E-state index contributed by atoms with van der Waals surface area (Å²) in [5, 5.41) is 2.10. The Labute approximate surface area is 176 Å². The molecule has 0 bridgehead atoms. The number of amides is 1. The lowest BCUT2D eigenvalue weighted by molar-refractivity contribution is -0.115. The minimum atomic E-state index is -2.31. The van der Waals surface area contributed by atoms with Crippen LogP contribution >= 0.6 is 11.3 Å². The molecule has 0 unspecified atom stereocenters. The van der Waals surface area contributed by atoms with Crippen molar-refractivity contribution in [2.45, 2.75) is 13.3 Å². The number of thiazole rings is 1. The zero-order valence-corrected chi connectivity index (χ0v) is 16.6. The lowest BCUT2D eigenvalue weighted by Gasteiger charge is -2.07. The summed E-state index contributed by atoms with van der Waals surface area (Å²) in [6.07, 6.45) is -1.14. The molecule has 0 spiro atoms. The summed E-state index contributed by atoms with van der Waals surface area (Å²) in [6, 6.07) is 8.47. The van der Waals surface area contributed by atoms with Gasteiger partial charge in [0, 0.05) is 11.1 Å². The molecule has 1 amide bonds. The van der Waals surface area contributed by atoms with Crippen LogP contribution in [0.4, 0.5) is 27.1 Å². The van der Waals surface area contributed by atoms with E-state index in [1.165, 1.54) is 0 Å². The average molecular weight is 456 g/mol. The molecule has 1 N–H and O–H groups in total. The molecule has 162 valence electrons. The fraction of sp³-hybridized carbons (Fsp3) is 0.150. The first-order chi connectivity index (χ1) is 14.7. The quantitative estimate of drug-likeness (QED) is 0.249. The lowest BCUT2D eigenvalue weighted by Crippen LogP contribution is -2.18. The Morgan fingerprint density at radius 1 is 0.968 bits per heavy atom. The van der Waals surface area contributed by atoms with Gasteiger partial charge in [0.25, 0.3) is 0 Å². The van der Waals surface area contributed by atoms with Crippen molar-refractivity contribution in [3.63, 3.8) is 0 Å². The van der Waals surface area contributed by atoms with E-state index >= 15 is 0 Å². The number of nitrogens with zero attached hydrogens (tertiary/aromatic N) is 1. The maximum absolute atomic E-state index is 13.8. The van der Waals surface area contributed by atoms with E-state index in [1.54, 1.807) is 37.3 Å². The van der Waals surface area contributed by atoms with Crippen LogP contribution in [0, 0.1) is 29.1 Å². The number of ether oxygens (including phenoxy) is 1. The maximum atomic E-state index is 13.8. The van der Waals surface area contributed by atoms with Gasteiger partial charge in [-0.25, -0.2) is 31.7 Å². The molecule has 3 rings (SSSR count). The molecule has 0 saturated carbocycles. The largest absolute Gasteiger partial charge is 0.462 e. The topological polar surface area (TPSA) is 68.3 Å². The van der Waals surface area contributed by atoms with Crippen LogP contribution in [0.2, 0.25) is 0 Å². The molecule has 0 aliphatic rings. The molecule has 11 heteroatoms. The second kappa shape index (κ2) is 9.21. The minimum absolute atomic E-state index is 0.0691. The van der Waals surface area contributed by atoms with Gasteiger partial charge in [0.05, 0.1) is 18.7 Å². The molecule has 1 heterocycles. The van der Waals surface area contributed by atoms with Gasteiger partial charge in [-0.15, -0.1) is 0 Å². The van der Waals surface area contributed by atoms with E-state index in [1.807, 2.05) is 0 Å². The molecule has 0 fully saturated rings. The van der Waals surface area contributed by atoms with Crippen molar-refractivity contribution in [2.75, 3.05) is 11.9 Å². The van der Waals surface area contributed by atoms with E-state index < -0.39 is 52.9 Å². The molecule has 0 atom stereocenters. The molecule has 0 aliphatic carbocycles. The number of anilines is 1. The lowest BCUT2D eigenvalue weighted by atomic mass is 10.1. The molecule has 0 radical (unpaired) electrons. The highest BCUT2D eigenvalue weighted by Gasteiger charge is 2.27. The third-order valence-electron chi connectivity index (χ3n) is 4.02. The van der Waals surface area contributed by atoms with Crippen LogP contribution in [0.5, 0.6) is 0 Å². The third kappa shape index (κ3) is 4.55. The fourth-order valence-corrected chi connectivity index (χ4v) is 3.53. The van der Waals surface area contributed by atoms with Crippen LogP contribution in [0.3, 0.4) is 0 Å². The molecule has 31 heavy (non-hydrogen) atoms. The average Bonchev–Trinajstić information content (AvgIpc) is 3.18. The number of halogens is 5. The van der Waals surface area contributed by atoms with Gasteiger partial charge < -0.3 is 10.1 Å². The highest BCUT2D eigenvalue weighted by atomic mass is 32.1. The number of carbonyl (C=O) groups is 2. The smallest absolute Gasteiger partial charge is 0.350 e. The van der Waals surface area contributed by atoms with Gasteiger partial charge in [-0.3, -0.25) is 4.79 Å². The van der Waals surface area contributed by atoms with Crippen molar-refractivity contribution in [1.29, 1.82) is 0 Å². The molecular weight excluding hydrogens is 443 g/mol. The molecule has 3 aromatic rings. The first-order valence-corrected chi connectivity index (χ1v) is 9.59. The number of hydrogen-bond donors (Lipinski definition) is 1. The number of nitrogens with one attached hydrogen (secondary N) is 1. The normalized spacial score (nSPS) is 10.8. The van der Waals surface area contributed by atoms with E-state index in [4.69, 9.17) is 4.74 Å². The van der Waals surface area contributed by atoms with Crippen LogP contribution in [-0.4, -0.2) is 23.5 Å². The summed E-state index contributed by atoms with van der Waals surface area (Å²) in [7, 11) is 0. The van der Waals surface area contributed by atoms with Gasteiger partial charge in [-0.1, -0.05) is 41.7 Å². The summed E-state index contributed by atoms with van der Waals surface area (Å²) in [6.45, 7) is 1.70. The number of esters is 1. The summed E-state index contributed by atoms with van der Waals surface area (Å²) < 4.78 is 72.4. The predicted octanol–water partition coefficient (Wildman–Crippen LogP) is 4.86. The highest BCUT2D eigenvalue weighted by Crippen LogP contribution is 2.32. The van der Waals surface area contributed by atoms with Gasteiger partial charge in [0.15, 0.2) is 28.4 Å². The maximum Gasteiger partial charge on any atom is 0.350 e. The Balaban J connectivity index is 1.90. The van der Waals surface area contributed by atoms with E-state index in [-0.39, 0.29) is 22.3 Å². The molecular formula is C20H13F5N2O3S. The summed E-state index contributed by atoms with van der Waals surface area (Å²) in [5.41, 5.74) is -0.531. The SMILES string of the molecule is CCOC(=O)c1sc(NC(=O)Cc2c(F)c(F)c(F)c(F)c2F)nc1-c1ccccc1. The second-order valence-corrected chi connectivity index (χ2v) is 7.06. The van der Waals surface area contributed by atoms with Crippen molar-refractivity contribution in [1.82, 2.24) is 4.98 Å². The van der Waals surface area contributed by atoms with Crippen molar-refractivity contribution in [3.05, 3.63) is 69.9 Å². The van der Waals surface area contributed by atoms with Crippen molar-refractivity contribution < 1.29 is 36.3 Å². The Morgan fingerprint density at radius 2 is 1.55 bits per heavy atom. The number of aromatic nitrogens is 1. The Morgan fingerprint density at radius 3 is 2.13 bits per heavy atom. The number of carbonyl (C=O) groups excluding carboxylic acids is 2. The molecule has 5 nitrogen and oxygen atoms in total. The first kappa shape index (κ1) is 22.3. The Hall–Kier alpha value is -3.34. The van der Waals surface area contributed by atoms with Crippen LogP contribution in [-0.2, 0) is 16.0 Å². The third-order valence-corrected chi connectivity index (χ3v) is 4.97. The summed E-state index contributed by atoms with van der Waals surface area (Å²) >= 11 is 0.745. The van der Waals surface area contributed by atoms with Crippen molar-refractivity contribution >= 4 is 28.3 Å². The Bertz CT molecular complexity index is 1120. The predicted molar refractivity (Wildman–Crippen MR) is 102 cm³/mol. The Kier molecular flexibility index (Phi) is 6.64. The van der Waals surface area contributed by atoms with Gasteiger partial charge in [0.2, 0.25) is 11.7 Å². The van der Waals surface area contributed by atoms with E-state index in [0.29, 0.717) is 5.56 Å². The first-order valence-electron chi connectivity index (χ1n) is 8.78. The van der Waals surface area contributed by atoms with Crippen molar-refractivity contribution in [3.8, 4) is 11.3 Å². The van der Waals surface area contributed by atoms with Crippen molar-refractivity contribution in [2.24, 2.45) is 0 Å². The van der Waals surface area contributed by atoms with E-state index in [0.717, 1.165) is 11.3 Å². The van der Waals surface area contributed by atoms with Crippen LogP contribution < -0.4 is 5.32 Å². The molecule has 0 aliphatic heterocycles. The van der Waals surface area contributed by atoms with E-state index in [9.17, 15) is 31.5 Å². The standard InChI is InChI=1S/C20H13F5N2O3S/c1-2-30-19(29)18-17(9-6-4-3-5-7-9)27-20(31-18)26-11(28)8-10-12(21)14(23)16(25)15(24)13(10)22/h3-7H,2,8H2,1H3,(H,26,27,28). The second-order valence-electron chi connectivity index (χ2n) is 6.06. The molecule has 2 aromatic carbocycles. The van der Waals surface area contributed by atoms with Gasteiger partial charge >= 0.3 is 5.97 Å². The number of benzene rings is 2. The highest BCUT2D eigenvalue weighted by molar-refractivity contribution is 7.18. The fourth-order valence-electron chi connectivity index (χ4n) is 2.63. The van der Waals surface area contributed by atoms with Crippen LogP contribution in [0.15, 0.2) is 30.3 Å². The summed E-state index contributed by atoms with van der Waals surface area (Å²) in [5.74, 6) is -12.6. The van der Waals surface area contributed by atoms with Gasteiger partial charge in [-0.05, 0) is 6.92 Å². The number of rotatable bonds is 6. The zero-order valence-electron chi connectivity index (χ0n) is 15.8. The minimum Gasteiger partial charge on any atom is -0.462 e. The monoisotopic (exact) mass is 456 g/mol. The summed E-state index contributed by atoms with van der Waals surface area (Å²) in [4.78, 5) is 28.7.